The molecule has 0 aromatic heterocycles. The van der Waals surface area contributed by atoms with E-state index in [9.17, 15) is 4.79 Å². The van der Waals surface area contributed by atoms with Gasteiger partial charge in [-0.25, -0.2) is 0 Å². The van der Waals surface area contributed by atoms with Crippen molar-refractivity contribution in [3.05, 3.63) is 0 Å². The number of carbonyl (C=O) groups is 1. The lowest BCUT2D eigenvalue weighted by Gasteiger charge is -2.32. The summed E-state index contributed by atoms with van der Waals surface area (Å²) < 4.78 is 0. The molecular formula is C12H25N3O. The van der Waals surface area contributed by atoms with Crippen molar-refractivity contribution < 1.29 is 4.79 Å². The van der Waals surface area contributed by atoms with Crippen LogP contribution in [0.1, 0.15) is 39.0 Å². The number of amides is 1. The van der Waals surface area contributed by atoms with Gasteiger partial charge in [-0.3, -0.25) is 4.79 Å². The van der Waals surface area contributed by atoms with Gasteiger partial charge in [0.15, 0.2) is 0 Å². The Morgan fingerprint density at radius 2 is 2.06 bits per heavy atom. The SMILES string of the molecule is CCCC1CCN(CCC(N)C(N)=O)CC1. The molecule has 4 N–H and O–H groups in total. The highest BCUT2D eigenvalue weighted by atomic mass is 16.1. The third-order valence-electron chi connectivity index (χ3n) is 3.53. The Labute approximate surface area is 98.3 Å². The summed E-state index contributed by atoms with van der Waals surface area (Å²) >= 11 is 0. The minimum absolute atomic E-state index is 0.388. The number of nitrogens with two attached hydrogens (primary N) is 2. The van der Waals surface area contributed by atoms with Crippen molar-refractivity contribution >= 4 is 5.91 Å². The van der Waals surface area contributed by atoms with E-state index < -0.39 is 6.04 Å². The minimum atomic E-state index is -0.478. The van der Waals surface area contributed by atoms with Crippen LogP contribution in [0.4, 0.5) is 0 Å². The van der Waals surface area contributed by atoms with Gasteiger partial charge in [0.1, 0.15) is 0 Å². The summed E-state index contributed by atoms with van der Waals surface area (Å²) in [6.07, 6.45) is 5.92. The maximum Gasteiger partial charge on any atom is 0.234 e. The first kappa shape index (κ1) is 13.5. The van der Waals surface area contributed by atoms with Gasteiger partial charge in [-0.2, -0.15) is 0 Å². The van der Waals surface area contributed by atoms with Crippen molar-refractivity contribution in [2.75, 3.05) is 19.6 Å². The van der Waals surface area contributed by atoms with Gasteiger partial charge in [0.05, 0.1) is 6.04 Å². The molecule has 0 spiro atoms. The number of piperidine rings is 1. The highest BCUT2D eigenvalue weighted by Crippen LogP contribution is 2.21. The summed E-state index contributed by atoms with van der Waals surface area (Å²) in [5.41, 5.74) is 10.7. The zero-order valence-electron chi connectivity index (χ0n) is 10.3. The van der Waals surface area contributed by atoms with Gasteiger partial charge in [-0.05, 0) is 38.3 Å². The van der Waals surface area contributed by atoms with Crippen LogP contribution in [0.2, 0.25) is 0 Å². The normalized spacial score (nSPS) is 20.9. The van der Waals surface area contributed by atoms with E-state index in [0.29, 0.717) is 6.42 Å². The molecule has 1 fully saturated rings. The zero-order valence-corrected chi connectivity index (χ0v) is 10.3. The van der Waals surface area contributed by atoms with Gasteiger partial charge in [0.25, 0.3) is 0 Å². The van der Waals surface area contributed by atoms with Gasteiger partial charge in [0.2, 0.25) is 5.91 Å². The standard InChI is InChI=1S/C12H25N3O/c1-2-3-10-4-7-15(8-5-10)9-6-11(13)12(14)16/h10-11H,2-9,13H2,1H3,(H2,14,16). The predicted molar refractivity (Wildman–Crippen MR) is 65.9 cm³/mol. The summed E-state index contributed by atoms with van der Waals surface area (Å²) in [4.78, 5) is 13.2. The molecule has 1 aliphatic rings. The monoisotopic (exact) mass is 227 g/mol. The molecule has 0 bridgehead atoms. The summed E-state index contributed by atoms with van der Waals surface area (Å²) in [5, 5.41) is 0. The molecule has 94 valence electrons. The molecule has 1 amide bonds. The van der Waals surface area contributed by atoms with Crippen LogP contribution in [0.3, 0.4) is 0 Å². The Kier molecular flexibility index (Phi) is 5.77. The molecule has 4 nitrogen and oxygen atoms in total. The zero-order chi connectivity index (χ0) is 12.0. The first-order valence-corrected chi connectivity index (χ1v) is 6.40. The van der Waals surface area contributed by atoms with Crippen LogP contribution >= 0.6 is 0 Å². The van der Waals surface area contributed by atoms with Crippen molar-refractivity contribution in [3.8, 4) is 0 Å². The molecule has 0 aromatic carbocycles. The van der Waals surface area contributed by atoms with Crippen LogP contribution in [0.25, 0.3) is 0 Å². The lowest BCUT2D eigenvalue weighted by molar-refractivity contribution is -0.119. The molecule has 0 radical (unpaired) electrons. The van der Waals surface area contributed by atoms with Crippen molar-refractivity contribution in [1.29, 1.82) is 0 Å². The Morgan fingerprint density at radius 3 is 2.56 bits per heavy atom. The maximum absolute atomic E-state index is 10.8. The maximum atomic E-state index is 10.8. The average molecular weight is 227 g/mol. The fourth-order valence-electron chi connectivity index (χ4n) is 2.37. The number of nitrogens with zero attached hydrogens (tertiary/aromatic N) is 1. The molecule has 1 atom stereocenters. The van der Waals surface area contributed by atoms with Crippen molar-refractivity contribution in [1.82, 2.24) is 4.90 Å². The van der Waals surface area contributed by atoms with E-state index in [1.165, 1.54) is 25.7 Å². The van der Waals surface area contributed by atoms with E-state index in [4.69, 9.17) is 11.5 Å². The molecule has 4 heteroatoms. The summed E-state index contributed by atoms with van der Waals surface area (Å²) in [6, 6.07) is -0.478. The van der Waals surface area contributed by atoms with Crippen LogP contribution in [0, 0.1) is 5.92 Å². The molecule has 1 heterocycles. The highest BCUT2D eigenvalue weighted by Gasteiger charge is 2.19. The van der Waals surface area contributed by atoms with Gasteiger partial charge in [-0.15, -0.1) is 0 Å². The van der Waals surface area contributed by atoms with E-state index in [2.05, 4.69) is 11.8 Å². The number of hydrogen-bond donors (Lipinski definition) is 2. The molecule has 0 aliphatic carbocycles. The van der Waals surface area contributed by atoms with Crippen molar-refractivity contribution in [3.63, 3.8) is 0 Å². The van der Waals surface area contributed by atoms with Gasteiger partial charge in [-0.1, -0.05) is 19.8 Å². The predicted octanol–water partition coefficient (Wildman–Crippen LogP) is 0.701. The first-order chi connectivity index (χ1) is 7.63. The van der Waals surface area contributed by atoms with Crippen LogP contribution in [-0.4, -0.2) is 36.5 Å². The quantitative estimate of drug-likeness (QED) is 0.701. The Hall–Kier alpha value is -0.610. The van der Waals surface area contributed by atoms with Crippen LogP contribution < -0.4 is 11.5 Å². The lowest BCUT2D eigenvalue weighted by atomic mass is 9.92. The van der Waals surface area contributed by atoms with E-state index in [1.54, 1.807) is 0 Å². The van der Waals surface area contributed by atoms with E-state index in [1.807, 2.05) is 0 Å². The highest BCUT2D eigenvalue weighted by molar-refractivity contribution is 5.79. The van der Waals surface area contributed by atoms with Crippen LogP contribution in [0.5, 0.6) is 0 Å². The average Bonchev–Trinajstić information content (AvgIpc) is 2.28. The molecule has 1 rings (SSSR count). The summed E-state index contributed by atoms with van der Waals surface area (Å²) in [5.74, 6) is 0.520. The van der Waals surface area contributed by atoms with E-state index in [0.717, 1.165) is 25.6 Å². The second kappa shape index (κ2) is 6.86. The first-order valence-electron chi connectivity index (χ1n) is 6.40. The molecule has 0 aromatic rings. The second-order valence-electron chi connectivity index (χ2n) is 4.87. The van der Waals surface area contributed by atoms with Crippen molar-refractivity contribution in [2.45, 2.75) is 45.1 Å². The fraction of sp³-hybridized carbons (Fsp3) is 0.917. The molecule has 0 saturated carbocycles. The lowest BCUT2D eigenvalue weighted by Crippen LogP contribution is -2.41. The van der Waals surface area contributed by atoms with Gasteiger partial charge >= 0.3 is 0 Å². The third-order valence-corrected chi connectivity index (χ3v) is 3.53. The largest absolute Gasteiger partial charge is 0.368 e. The van der Waals surface area contributed by atoms with Crippen LogP contribution in [0.15, 0.2) is 0 Å². The van der Waals surface area contributed by atoms with Crippen LogP contribution in [-0.2, 0) is 4.79 Å². The van der Waals surface area contributed by atoms with E-state index in [-0.39, 0.29) is 5.91 Å². The van der Waals surface area contributed by atoms with Gasteiger partial charge in [0, 0.05) is 6.54 Å². The molecular weight excluding hydrogens is 202 g/mol. The third kappa shape index (κ3) is 4.49. The second-order valence-corrected chi connectivity index (χ2v) is 4.87. The number of carbonyl (C=O) groups excluding carboxylic acids is 1. The number of primary amides is 1. The topological polar surface area (TPSA) is 72.3 Å². The number of rotatable bonds is 6. The number of likely N-dealkylation sites (tertiary alicyclic amines) is 1. The fourth-order valence-corrected chi connectivity index (χ4v) is 2.37. The van der Waals surface area contributed by atoms with E-state index >= 15 is 0 Å². The molecule has 16 heavy (non-hydrogen) atoms. The van der Waals surface area contributed by atoms with Gasteiger partial charge < -0.3 is 16.4 Å². The minimum Gasteiger partial charge on any atom is -0.368 e. The Balaban J connectivity index is 2.14. The smallest absolute Gasteiger partial charge is 0.234 e. The molecule has 1 saturated heterocycles. The Morgan fingerprint density at radius 1 is 1.44 bits per heavy atom. The summed E-state index contributed by atoms with van der Waals surface area (Å²) in [6.45, 7) is 5.45. The molecule has 1 unspecified atom stereocenters. The summed E-state index contributed by atoms with van der Waals surface area (Å²) in [7, 11) is 0. The van der Waals surface area contributed by atoms with Crippen molar-refractivity contribution in [2.24, 2.45) is 17.4 Å². The molecule has 1 aliphatic heterocycles. The number of hydrogen-bond acceptors (Lipinski definition) is 3. The Bertz CT molecular complexity index is 212.